The number of hydrogen-bond acceptors (Lipinski definition) is 6. The number of aryl methyl sites for hydroxylation is 12. The second-order valence-corrected chi connectivity index (χ2v) is 29.1. The molecule has 6 nitrogen and oxygen atoms in total. The number of hydrogen-bond donors (Lipinski definition) is 1. The van der Waals surface area contributed by atoms with Crippen molar-refractivity contribution in [3.05, 3.63) is 285 Å². The van der Waals surface area contributed by atoms with Crippen LogP contribution in [0.5, 0.6) is 23.0 Å². The Hall–Kier alpha value is -11.1. The molecule has 0 fully saturated rings. The minimum Gasteiger partial charge on any atom is -0.458 e. The molecule has 13 aromatic rings. The number of fused-ring (bicyclic) bond motifs is 12. The van der Waals surface area contributed by atoms with Gasteiger partial charge in [0.25, 0.3) is 20.1 Å². The molecule has 9 heteroatoms. The quantitative estimate of drug-likeness (QED) is 0.167. The lowest BCUT2D eigenvalue weighted by atomic mass is 9.29. The van der Waals surface area contributed by atoms with Crippen LogP contribution in [0, 0.1) is 83.1 Å². The highest BCUT2D eigenvalue weighted by Crippen LogP contribution is 2.52. The van der Waals surface area contributed by atoms with E-state index in [1.807, 2.05) is 0 Å². The van der Waals surface area contributed by atoms with Crippen LogP contribution >= 0.6 is 0 Å². The summed E-state index contributed by atoms with van der Waals surface area (Å²) in [6.07, 6.45) is 0. The molecule has 0 spiro atoms. The monoisotopic (exact) mass is 1270 g/mol. The van der Waals surface area contributed by atoms with E-state index in [0.717, 1.165) is 90.3 Å². The summed E-state index contributed by atoms with van der Waals surface area (Å²) in [5.74, 6) is 3.49. The zero-order valence-electron chi connectivity index (χ0n) is 58.2. The Labute approximate surface area is 582 Å². The normalized spacial score (nSPS) is 13.6. The van der Waals surface area contributed by atoms with Gasteiger partial charge in [-0.1, -0.05) is 157 Å². The maximum absolute atomic E-state index is 7.82. The Balaban J connectivity index is 0.928. The molecule has 0 saturated carbocycles. The Bertz CT molecular complexity index is 5650. The average Bonchev–Trinajstić information content (AvgIpc) is 0.688. The Kier molecular flexibility index (Phi) is 13.0. The lowest BCUT2D eigenvalue weighted by Crippen LogP contribution is -2.65. The number of ether oxygens (including phenoxy) is 2. The van der Waals surface area contributed by atoms with E-state index in [-0.39, 0.29) is 20.1 Å². The van der Waals surface area contributed by atoms with Crippen LogP contribution in [0.3, 0.4) is 0 Å². The minimum absolute atomic E-state index is 0.121. The maximum atomic E-state index is 7.82. The Morgan fingerprint density at radius 1 is 0.263 bits per heavy atom. The van der Waals surface area contributed by atoms with Crippen LogP contribution < -0.4 is 78.7 Å². The van der Waals surface area contributed by atoms with Crippen molar-refractivity contribution in [2.75, 3.05) is 20.0 Å². The molecular weight excluding hydrogens is 1200 g/mol. The predicted octanol–water partition coefficient (Wildman–Crippen LogP) is 17.6. The number of para-hydroxylation sites is 3. The smallest absolute Gasteiger partial charge is 0.256 e. The molecule has 6 heterocycles. The second-order valence-electron chi connectivity index (χ2n) is 29.1. The number of nitrogens with one attached hydrogen (secondary N) is 1. The van der Waals surface area contributed by atoms with Gasteiger partial charge in [-0.15, -0.1) is 0 Å². The molecule has 0 unspecified atom stereocenters. The van der Waals surface area contributed by atoms with Crippen LogP contribution in [0.25, 0.3) is 33.4 Å². The fourth-order valence-electron chi connectivity index (χ4n) is 18.9. The van der Waals surface area contributed by atoms with Gasteiger partial charge in [0.1, 0.15) is 23.0 Å². The first-order valence-corrected chi connectivity index (χ1v) is 35.1. The van der Waals surface area contributed by atoms with Crippen molar-refractivity contribution in [2.24, 2.45) is 0 Å². The zero-order chi connectivity index (χ0) is 67.3. The molecule has 0 aliphatic carbocycles. The van der Waals surface area contributed by atoms with E-state index in [4.69, 9.17) is 9.47 Å². The van der Waals surface area contributed by atoms with Gasteiger partial charge in [0, 0.05) is 57.3 Å². The number of nitrogens with zero attached hydrogens (tertiary/aromatic N) is 3. The van der Waals surface area contributed by atoms with E-state index in [2.05, 4.69) is 321 Å². The third kappa shape index (κ3) is 8.65. The largest absolute Gasteiger partial charge is 0.458 e. The van der Waals surface area contributed by atoms with Crippen molar-refractivity contribution in [1.29, 1.82) is 0 Å². The van der Waals surface area contributed by atoms with Crippen molar-refractivity contribution in [3.8, 4) is 56.4 Å². The first-order chi connectivity index (χ1) is 48.0. The molecule has 0 atom stereocenters. The van der Waals surface area contributed by atoms with Gasteiger partial charge in [-0.2, -0.15) is 0 Å². The first-order valence-electron chi connectivity index (χ1n) is 35.1. The van der Waals surface area contributed by atoms with E-state index in [9.17, 15) is 0 Å². The molecule has 1 N–H and O–H groups in total. The summed E-state index contributed by atoms with van der Waals surface area (Å²) in [5, 5.41) is 4.19. The van der Waals surface area contributed by atoms with Gasteiger partial charge in [0.2, 0.25) is 0 Å². The second kappa shape index (κ2) is 21.7. The summed E-state index contributed by atoms with van der Waals surface area (Å²) in [6, 6.07) is 83.0. The first kappa shape index (κ1) is 59.1. The highest BCUT2D eigenvalue weighted by Gasteiger charge is 2.50. The van der Waals surface area contributed by atoms with Crippen LogP contribution in [-0.2, 0) is 0 Å². The molecule has 0 radical (unpaired) electrons. The fourth-order valence-corrected chi connectivity index (χ4v) is 18.9. The van der Waals surface area contributed by atoms with Gasteiger partial charge in [-0.3, -0.25) is 0 Å². The van der Waals surface area contributed by atoms with Crippen molar-refractivity contribution >= 4 is 132 Å². The zero-order valence-corrected chi connectivity index (χ0v) is 58.2. The number of rotatable bonds is 6. The SMILES string of the molecule is Cc1cc(C)c(N2c3cc4c(cc3B3c5ccccc5Oc5cc(-c6c(C)cccc6C)cc2c53)B2c3cc5c(cc3Oc3cc(-c6c(C)cccc6C)cc(c32)N4c2c(C)cc(C)cc2C)Nc2cc(-c3c(C)cccc3C)cc3c2B5c2ccccc2N3c2ccccc2)c(C)c1. The van der Waals surface area contributed by atoms with Crippen molar-refractivity contribution in [3.63, 3.8) is 0 Å². The summed E-state index contributed by atoms with van der Waals surface area (Å²) < 4.78 is 15.2. The van der Waals surface area contributed by atoms with E-state index < -0.39 is 0 Å². The van der Waals surface area contributed by atoms with Gasteiger partial charge >= 0.3 is 0 Å². The van der Waals surface area contributed by atoms with Gasteiger partial charge in [-0.05, 0) is 288 Å². The Morgan fingerprint density at radius 3 is 1.21 bits per heavy atom. The van der Waals surface area contributed by atoms with E-state index >= 15 is 0 Å². The molecule has 6 aliphatic rings. The van der Waals surface area contributed by atoms with Crippen molar-refractivity contribution in [1.82, 2.24) is 0 Å². The number of benzene rings is 13. The van der Waals surface area contributed by atoms with Crippen LogP contribution in [0.4, 0.5) is 62.6 Å². The van der Waals surface area contributed by atoms with Crippen LogP contribution in [0.2, 0.25) is 0 Å². The topological polar surface area (TPSA) is 40.2 Å². The molecule has 6 aliphatic heterocycles. The van der Waals surface area contributed by atoms with E-state index in [0.29, 0.717) is 0 Å². The molecule has 474 valence electrons. The lowest BCUT2D eigenvalue weighted by Gasteiger charge is -2.46. The van der Waals surface area contributed by atoms with Crippen molar-refractivity contribution in [2.45, 2.75) is 83.1 Å². The lowest BCUT2D eigenvalue weighted by molar-refractivity contribution is 0.487. The van der Waals surface area contributed by atoms with Crippen LogP contribution in [-0.4, -0.2) is 20.1 Å². The molecule has 99 heavy (non-hydrogen) atoms. The maximum Gasteiger partial charge on any atom is 0.256 e. The third-order valence-electron chi connectivity index (χ3n) is 22.5. The molecule has 0 amide bonds. The highest BCUT2D eigenvalue weighted by atomic mass is 16.5. The van der Waals surface area contributed by atoms with Crippen molar-refractivity contribution < 1.29 is 9.47 Å². The highest BCUT2D eigenvalue weighted by molar-refractivity contribution is 7.04. The third-order valence-corrected chi connectivity index (χ3v) is 22.5. The van der Waals surface area contributed by atoms with Crippen LogP contribution in [0.15, 0.2) is 218 Å². The molecule has 0 aromatic heterocycles. The molecule has 0 bridgehead atoms. The van der Waals surface area contributed by atoms with Gasteiger partial charge in [-0.25, -0.2) is 0 Å². The molecule has 13 aromatic carbocycles. The summed E-state index contributed by atoms with van der Waals surface area (Å²) in [7, 11) is 0. The standard InChI is InChI=1S/C90H73B3N4O2/c1-49-35-57(9)89(58(10)36-49)96-74-48-75-69(46-68(74)92-66-32-17-19-34-79(66)98-81-43-62(41-77(96)87(81)92)84-53(5)25-21-26-54(84)6)93-70-45-67-71(47-80(70)99-82-44-63(85-55(7)27-22-28-56(85)8)42-78(88(82)93)97(75)90-59(11)37-50(2)38-60(90)12)94-72-39-61(83-51(3)23-20-24-52(83)4)40-76-86(72)91(67)65-31-16-18-33-73(65)95(76)64-29-14-13-15-30-64/h13-48,94H,1-12H3. The minimum atomic E-state index is -0.274. The number of anilines is 11. The van der Waals surface area contributed by atoms with E-state index in [1.165, 1.54) is 145 Å². The summed E-state index contributed by atoms with van der Waals surface area (Å²) in [5.41, 5.74) is 45.3. The Morgan fingerprint density at radius 2 is 0.687 bits per heavy atom. The average molecular weight is 1280 g/mol. The van der Waals surface area contributed by atoms with Gasteiger partial charge in [0.05, 0.1) is 11.4 Å². The van der Waals surface area contributed by atoms with Crippen LogP contribution in [0.1, 0.15) is 66.8 Å². The van der Waals surface area contributed by atoms with Gasteiger partial charge in [0.15, 0.2) is 0 Å². The summed E-state index contributed by atoms with van der Waals surface area (Å²) >= 11 is 0. The molecule has 19 rings (SSSR count). The summed E-state index contributed by atoms with van der Waals surface area (Å²) in [6.45, 7) is 26.6. The van der Waals surface area contributed by atoms with E-state index in [1.54, 1.807) is 0 Å². The fraction of sp³-hybridized carbons (Fsp3) is 0.133. The molecule has 0 saturated heterocycles. The predicted molar refractivity (Wildman–Crippen MR) is 420 cm³/mol. The molecular formula is C90H73B3N4O2. The summed E-state index contributed by atoms with van der Waals surface area (Å²) in [4.78, 5) is 7.78. The van der Waals surface area contributed by atoms with Gasteiger partial charge < -0.3 is 29.5 Å².